The summed E-state index contributed by atoms with van der Waals surface area (Å²) in [6.07, 6.45) is 3.56. The van der Waals surface area contributed by atoms with Crippen molar-refractivity contribution in [3.8, 4) is 23.0 Å². The van der Waals surface area contributed by atoms with E-state index in [1.165, 1.54) is 55.6 Å². The average molecular weight is 597 g/mol. The lowest BCUT2D eigenvalue weighted by atomic mass is 10.2. The number of phenols is 1. The molecule has 0 aliphatic heterocycles. The molecule has 0 aliphatic rings. The minimum atomic E-state index is -3.66. The van der Waals surface area contributed by atoms with Crippen LogP contribution in [0.25, 0.3) is 0 Å². The first-order valence-electron chi connectivity index (χ1n) is 13.1. The average Bonchev–Trinajstić information content (AvgIpc) is 2.99. The quantitative estimate of drug-likeness (QED) is 0.174. The molecule has 0 radical (unpaired) electrons. The highest BCUT2D eigenvalue weighted by Gasteiger charge is 2.18. The molecular formula is C31H32O8S2. The van der Waals surface area contributed by atoms with Crippen molar-refractivity contribution in [3.05, 3.63) is 97.1 Å². The molecule has 0 saturated heterocycles. The second-order valence-corrected chi connectivity index (χ2v) is 13.1. The maximum atomic E-state index is 12.8. The fourth-order valence-corrected chi connectivity index (χ4v) is 6.54. The van der Waals surface area contributed by atoms with Gasteiger partial charge < -0.3 is 19.3 Å². The number of hydrogen-bond donors (Lipinski definition) is 1. The summed E-state index contributed by atoms with van der Waals surface area (Å²) in [5, 5.41) is 9.38. The molecule has 4 aromatic carbocycles. The highest BCUT2D eigenvalue weighted by atomic mass is 32.2. The number of aromatic hydroxyl groups is 1. The van der Waals surface area contributed by atoms with Crippen molar-refractivity contribution < 1.29 is 36.2 Å². The van der Waals surface area contributed by atoms with Gasteiger partial charge in [-0.3, -0.25) is 0 Å². The minimum absolute atomic E-state index is 0.00607. The standard InChI is InChI=1S/C31H32O8S2/c1-37-25-8-16-29(17-9-25)41(35,36)31-20-12-27(13-21-31)39-23-5-3-2-4-22-38-26-10-18-30(19-11-26)40(33,34)28-14-6-24(32)7-15-28/h6-21,32H,2-5,22-23H2,1H3. The fraction of sp³-hybridized carbons (Fsp3) is 0.226. The zero-order valence-corrected chi connectivity index (χ0v) is 24.2. The van der Waals surface area contributed by atoms with Crippen LogP contribution >= 0.6 is 0 Å². The van der Waals surface area contributed by atoms with Gasteiger partial charge in [0.25, 0.3) is 0 Å². The van der Waals surface area contributed by atoms with Crippen LogP contribution in [0.2, 0.25) is 0 Å². The molecule has 4 rings (SSSR count). The lowest BCUT2D eigenvalue weighted by Crippen LogP contribution is -2.03. The van der Waals surface area contributed by atoms with Gasteiger partial charge in [0.15, 0.2) is 0 Å². The molecule has 0 fully saturated rings. The third-order valence-electron chi connectivity index (χ3n) is 6.36. The lowest BCUT2D eigenvalue weighted by molar-refractivity contribution is 0.287. The third-order valence-corrected chi connectivity index (χ3v) is 9.93. The highest BCUT2D eigenvalue weighted by molar-refractivity contribution is 7.91. The number of phenolic OH excluding ortho intramolecular Hbond substituents is 1. The van der Waals surface area contributed by atoms with Gasteiger partial charge in [0.2, 0.25) is 19.7 Å². The second kappa shape index (κ2) is 13.6. The van der Waals surface area contributed by atoms with Crippen LogP contribution in [0.4, 0.5) is 0 Å². The van der Waals surface area contributed by atoms with Gasteiger partial charge in [-0.1, -0.05) is 0 Å². The van der Waals surface area contributed by atoms with E-state index in [1.54, 1.807) is 48.5 Å². The van der Waals surface area contributed by atoms with E-state index in [1.807, 2.05) is 0 Å². The van der Waals surface area contributed by atoms with Crippen LogP contribution in [0.3, 0.4) is 0 Å². The molecule has 0 atom stereocenters. The Bertz CT molecular complexity index is 1610. The number of unbranched alkanes of at least 4 members (excludes halogenated alkanes) is 3. The Labute approximate surface area is 241 Å². The Morgan fingerprint density at radius 3 is 1.15 bits per heavy atom. The van der Waals surface area contributed by atoms with E-state index in [2.05, 4.69) is 0 Å². The van der Waals surface area contributed by atoms with Gasteiger partial charge >= 0.3 is 0 Å². The number of hydrogen-bond acceptors (Lipinski definition) is 8. The summed E-state index contributed by atoms with van der Waals surface area (Å²) in [6.45, 7) is 1.03. The normalized spacial score (nSPS) is 11.6. The summed E-state index contributed by atoms with van der Waals surface area (Å²) in [6, 6.07) is 24.4. The molecule has 0 unspecified atom stereocenters. The van der Waals surface area contributed by atoms with E-state index in [0.29, 0.717) is 30.5 Å². The van der Waals surface area contributed by atoms with Crippen molar-refractivity contribution in [2.24, 2.45) is 0 Å². The maximum absolute atomic E-state index is 12.8. The molecule has 0 amide bonds. The molecule has 0 aromatic heterocycles. The second-order valence-electron chi connectivity index (χ2n) is 9.23. The molecule has 4 aromatic rings. The maximum Gasteiger partial charge on any atom is 0.206 e. The molecule has 0 saturated carbocycles. The third kappa shape index (κ3) is 7.80. The van der Waals surface area contributed by atoms with Gasteiger partial charge in [-0.05, 0) is 123 Å². The zero-order chi connectivity index (χ0) is 29.3. The Balaban J connectivity index is 1.14. The first-order chi connectivity index (χ1) is 19.7. The van der Waals surface area contributed by atoms with E-state index in [-0.39, 0.29) is 25.3 Å². The van der Waals surface area contributed by atoms with Gasteiger partial charge in [0, 0.05) is 0 Å². The van der Waals surface area contributed by atoms with Gasteiger partial charge in [0.05, 0.1) is 39.9 Å². The number of methoxy groups -OCH3 is 1. The van der Waals surface area contributed by atoms with Crippen molar-refractivity contribution >= 4 is 19.7 Å². The highest BCUT2D eigenvalue weighted by Crippen LogP contribution is 2.26. The number of rotatable bonds is 14. The Morgan fingerprint density at radius 2 is 0.805 bits per heavy atom. The van der Waals surface area contributed by atoms with Gasteiger partial charge in [-0.15, -0.1) is 0 Å². The van der Waals surface area contributed by atoms with Crippen LogP contribution in [0.1, 0.15) is 25.7 Å². The summed E-state index contributed by atoms with van der Waals surface area (Å²) in [4.78, 5) is 0.668. The molecule has 41 heavy (non-hydrogen) atoms. The summed E-state index contributed by atoms with van der Waals surface area (Å²) in [7, 11) is -5.75. The van der Waals surface area contributed by atoms with Crippen LogP contribution < -0.4 is 14.2 Å². The monoisotopic (exact) mass is 596 g/mol. The minimum Gasteiger partial charge on any atom is -0.508 e. The molecule has 8 nitrogen and oxygen atoms in total. The Hall–Kier alpha value is -4.02. The molecule has 0 aliphatic carbocycles. The van der Waals surface area contributed by atoms with Crippen molar-refractivity contribution in [1.82, 2.24) is 0 Å². The van der Waals surface area contributed by atoms with Gasteiger partial charge in [-0.2, -0.15) is 0 Å². The molecule has 0 bridgehead atoms. The number of benzene rings is 4. The molecule has 0 spiro atoms. The number of ether oxygens (including phenoxy) is 3. The van der Waals surface area contributed by atoms with E-state index < -0.39 is 19.7 Å². The SMILES string of the molecule is COc1ccc(S(=O)(=O)c2ccc(OCCCCCCOc3ccc(S(=O)(=O)c4ccc(O)cc4)cc3)cc2)cc1. The predicted molar refractivity (Wildman–Crippen MR) is 154 cm³/mol. The number of sulfone groups is 2. The van der Waals surface area contributed by atoms with E-state index >= 15 is 0 Å². The van der Waals surface area contributed by atoms with Crippen LogP contribution in [-0.4, -0.2) is 42.3 Å². The van der Waals surface area contributed by atoms with Crippen molar-refractivity contribution in [2.45, 2.75) is 45.3 Å². The molecular weight excluding hydrogens is 564 g/mol. The molecule has 216 valence electrons. The topological polar surface area (TPSA) is 116 Å². The lowest BCUT2D eigenvalue weighted by Gasteiger charge is -2.09. The van der Waals surface area contributed by atoms with Crippen LogP contribution in [0, 0.1) is 0 Å². The largest absolute Gasteiger partial charge is 0.508 e. The van der Waals surface area contributed by atoms with Crippen molar-refractivity contribution in [2.75, 3.05) is 20.3 Å². The Morgan fingerprint density at radius 1 is 0.488 bits per heavy atom. The van der Waals surface area contributed by atoms with Crippen LogP contribution in [0.15, 0.2) is 117 Å². The summed E-state index contributed by atoms with van der Waals surface area (Å²) < 4.78 is 67.6. The smallest absolute Gasteiger partial charge is 0.206 e. The van der Waals surface area contributed by atoms with E-state index in [4.69, 9.17) is 14.2 Å². The van der Waals surface area contributed by atoms with Gasteiger partial charge in [-0.25, -0.2) is 16.8 Å². The molecule has 10 heteroatoms. The Kier molecular flexibility index (Phi) is 9.91. The predicted octanol–water partition coefficient (Wildman–Crippen LogP) is 6.08. The molecule has 0 heterocycles. The van der Waals surface area contributed by atoms with Crippen LogP contribution in [0.5, 0.6) is 23.0 Å². The van der Waals surface area contributed by atoms with Crippen molar-refractivity contribution in [1.29, 1.82) is 0 Å². The summed E-state index contributed by atoms with van der Waals surface area (Å²) >= 11 is 0. The molecule has 1 N–H and O–H groups in total. The van der Waals surface area contributed by atoms with E-state index in [9.17, 15) is 21.9 Å². The zero-order valence-electron chi connectivity index (χ0n) is 22.6. The van der Waals surface area contributed by atoms with Gasteiger partial charge in [0.1, 0.15) is 23.0 Å². The first-order valence-corrected chi connectivity index (χ1v) is 16.1. The summed E-state index contributed by atoms with van der Waals surface area (Å²) in [5.41, 5.74) is 0. The van der Waals surface area contributed by atoms with Crippen LogP contribution in [-0.2, 0) is 19.7 Å². The first kappa shape index (κ1) is 30.0. The van der Waals surface area contributed by atoms with E-state index in [0.717, 1.165) is 25.7 Å². The summed E-state index contributed by atoms with van der Waals surface area (Å²) in [5.74, 6) is 1.80. The van der Waals surface area contributed by atoms with Crippen molar-refractivity contribution in [3.63, 3.8) is 0 Å². The fourth-order valence-electron chi connectivity index (χ4n) is 4.02.